The van der Waals surface area contributed by atoms with Crippen LogP contribution in [0.25, 0.3) is 6.08 Å². The lowest BCUT2D eigenvalue weighted by atomic mass is 9.82. The van der Waals surface area contributed by atoms with Gasteiger partial charge in [-0.25, -0.2) is 13.9 Å². The topological polar surface area (TPSA) is 129 Å². The molecule has 2 aromatic rings. The molecule has 0 aliphatic heterocycles. The highest BCUT2D eigenvalue weighted by Gasteiger charge is 2.35. The molecule has 0 radical (unpaired) electrons. The average Bonchev–Trinajstić information content (AvgIpc) is 2.78. The lowest BCUT2D eigenvalue weighted by Gasteiger charge is -2.29. The first-order valence-electron chi connectivity index (χ1n) is 10.5. The fraction of sp³-hybridized carbons (Fsp3) is 0.348. The average molecular weight is 475 g/mol. The van der Waals surface area contributed by atoms with Gasteiger partial charge in [-0.1, -0.05) is 50.3 Å². The van der Waals surface area contributed by atoms with E-state index < -0.39 is 33.7 Å². The highest BCUT2D eigenvalue weighted by Crippen LogP contribution is 2.26. The Hall–Kier alpha value is -3.24. The van der Waals surface area contributed by atoms with Crippen molar-refractivity contribution in [1.29, 1.82) is 0 Å². The van der Waals surface area contributed by atoms with E-state index in [-0.39, 0.29) is 18.0 Å². The molecule has 10 heteroatoms. The van der Waals surface area contributed by atoms with Gasteiger partial charge >= 0.3 is 0 Å². The van der Waals surface area contributed by atoms with Gasteiger partial charge in [0.25, 0.3) is 0 Å². The minimum Gasteiger partial charge on any atom is -0.289 e. The molecule has 33 heavy (non-hydrogen) atoms. The lowest BCUT2D eigenvalue weighted by Crippen LogP contribution is -2.51. The molecule has 0 fully saturated rings. The zero-order valence-corrected chi connectivity index (χ0v) is 19.7. The molecular formula is C23H30N4O5S. The van der Waals surface area contributed by atoms with Gasteiger partial charge in [0, 0.05) is 12.4 Å². The van der Waals surface area contributed by atoms with Gasteiger partial charge in [-0.15, -0.1) is 0 Å². The smallest absolute Gasteiger partial charge is 0.249 e. The molecule has 1 aromatic carbocycles. The summed E-state index contributed by atoms with van der Waals surface area (Å²) in [7, 11) is -3.85. The molecule has 0 saturated carbocycles. The number of hydrogen-bond donors (Lipinski definition) is 3. The van der Waals surface area contributed by atoms with Gasteiger partial charge in [0.1, 0.15) is 0 Å². The molecule has 1 unspecified atom stereocenters. The van der Waals surface area contributed by atoms with Crippen molar-refractivity contribution in [3.63, 3.8) is 0 Å². The molecule has 0 bridgehead atoms. The number of carbonyl (C=O) groups excluding carboxylic acids is 2. The summed E-state index contributed by atoms with van der Waals surface area (Å²) in [4.78, 5) is 29.8. The summed E-state index contributed by atoms with van der Waals surface area (Å²) in [5.74, 6) is -3.16. The Balaban J connectivity index is 2.33. The number of hydrogen-bond acceptors (Lipinski definition) is 6. The van der Waals surface area contributed by atoms with Crippen molar-refractivity contribution in [3.05, 3.63) is 66.5 Å². The van der Waals surface area contributed by atoms with E-state index in [1.807, 2.05) is 19.9 Å². The van der Waals surface area contributed by atoms with Gasteiger partial charge in [0.05, 0.1) is 23.8 Å². The van der Waals surface area contributed by atoms with Crippen LogP contribution >= 0.6 is 0 Å². The maximum atomic E-state index is 13.3. The van der Waals surface area contributed by atoms with Crippen LogP contribution in [0.4, 0.5) is 5.69 Å². The Morgan fingerprint density at radius 2 is 1.79 bits per heavy atom. The molecule has 3 N–H and O–H groups in total. The first-order chi connectivity index (χ1) is 15.6. The molecule has 0 spiro atoms. The third-order valence-corrected chi connectivity index (χ3v) is 5.88. The number of hydroxylamine groups is 1. The number of pyridine rings is 1. The number of nitrogens with zero attached hydrogens (tertiary/aromatic N) is 2. The van der Waals surface area contributed by atoms with Crippen molar-refractivity contribution in [1.82, 2.24) is 15.9 Å². The number of sulfonamides is 1. The molecule has 2 atom stereocenters. The second kappa shape index (κ2) is 12.1. The SMILES string of the molecule is CC(C)C[C@@H](C(=O)NN(c1ccccc1)S(C)(=O)=O)C(C/C=C/c1cccnc1)C(=O)NO. The van der Waals surface area contributed by atoms with Gasteiger partial charge in [-0.05, 0) is 42.5 Å². The summed E-state index contributed by atoms with van der Waals surface area (Å²) in [6, 6.07) is 11.7. The Labute approximate surface area is 194 Å². The molecule has 0 aliphatic rings. The molecule has 2 rings (SSSR count). The van der Waals surface area contributed by atoms with Crippen molar-refractivity contribution in [2.24, 2.45) is 17.8 Å². The predicted octanol–water partition coefficient (Wildman–Crippen LogP) is 2.77. The third kappa shape index (κ3) is 7.99. The number of anilines is 1. The molecule has 0 saturated heterocycles. The number of para-hydroxylation sites is 1. The number of amides is 2. The van der Waals surface area contributed by atoms with Crippen LogP contribution in [0.5, 0.6) is 0 Å². The van der Waals surface area contributed by atoms with E-state index in [0.717, 1.165) is 16.2 Å². The summed E-state index contributed by atoms with van der Waals surface area (Å²) in [5.41, 5.74) is 5.18. The van der Waals surface area contributed by atoms with E-state index in [1.165, 1.54) is 0 Å². The zero-order chi connectivity index (χ0) is 24.4. The summed E-state index contributed by atoms with van der Waals surface area (Å²) in [6.45, 7) is 3.79. The molecule has 0 aliphatic carbocycles. The van der Waals surface area contributed by atoms with Crippen molar-refractivity contribution < 1.29 is 23.2 Å². The zero-order valence-electron chi connectivity index (χ0n) is 18.9. The molecule has 1 aromatic heterocycles. The van der Waals surface area contributed by atoms with Crippen LogP contribution in [0, 0.1) is 17.8 Å². The van der Waals surface area contributed by atoms with E-state index in [9.17, 15) is 23.2 Å². The predicted molar refractivity (Wildman–Crippen MR) is 126 cm³/mol. The van der Waals surface area contributed by atoms with E-state index in [0.29, 0.717) is 6.42 Å². The quantitative estimate of drug-likeness (QED) is 0.339. The maximum absolute atomic E-state index is 13.3. The Morgan fingerprint density at radius 3 is 2.33 bits per heavy atom. The highest BCUT2D eigenvalue weighted by molar-refractivity contribution is 7.92. The fourth-order valence-electron chi connectivity index (χ4n) is 3.41. The van der Waals surface area contributed by atoms with Crippen LogP contribution in [0.2, 0.25) is 0 Å². The highest BCUT2D eigenvalue weighted by atomic mass is 32.2. The van der Waals surface area contributed by atoms with Crippen LogP contribution in [0.3, 0.4) is 0 Å². The van der Waals surface area contributed by atoms with E-state index in [4.69, 9.17) is 0 Å². The molecular weight excluding hydrogens is 444 g/mol. The second-order valence-corrected chi connectivity index (χ2v) is 9.91. The summed E-state index contributed by atoms with van der Waals surface area (Å²) < 4.78 is 25.5. The number of rotatable bonds is 11. The largest absolute Gasteiger partial charge is 0.289 e. The van der Waals surface area contributed by atoms with Crippen LogP contribution in [-0.4, -0.2) is 36.7 Å². The molecule has 9 nitrogen and oxygen atoms in total. The van der Waals surface area contributed by atoms with Crippen LogP contribution in [0.15, 0.2) is 60.9 Å². The van der Waals surface area contributed by atoms with Crippen molar-refractivity contribution >= 4 is 33.6 Å². The normalized spacial score (nSPS) is 13.5. The van der Waals surface area contributed by atoms with Gasteiger partial charge in [-0.2, -0.15) is 4.41 Å². The minimum atomic E-state index is -3.85. The second-order valence-electron chi connectivity index (χ2n) is 8.08. The first-order valence-corrected chi connectivity index (χ1v) is 12.3. The van der Waals surface area contributed by atoms with Gasteiger partial charge in [0.15, 0.2) is 0 Å². The van der Waals surface area contributed by atoms with Crippen LogP contribution < -0.4 is 15.3 Å². The summed E-state index contributed by atoms with van der Waals surface area (Å²) in [5, 5.41) is 9.30. The monoisotopic (exact) mass is 474 g/mol. The first kappa shape index (κ1) is 26.0. The number of aromatic nitrogens is 1. The van der Waals surface area contributed by atoms with Crippen molar-refractivity contribution in [3.8, 4) is 0 Å². The van der Waals surface area contributed by atoms with E-state index in [1.54, 1.807) is 66.4 Å². The Kier molecular flexibility index (Phi) is 9.56. The third-order valence-electron chi connectivity index (χ3n) is 4.91. The summed E-state index contributed by atoms with van der Waals surface area (Å²) >= 11 is 0. The number of allylic oxidation sites excluding steroid dienone is 1. The van der Waals surface area contributed by atoms with Gasteiger partial charge in [0.2, 0.25) is 21.8 Å². The number of benzene rings is 1. The lowest BCUT2D eigenvalue weighted by molar-refractivity contribution is -0.140. The van der Waals surface area contributed by atoms with Crippen molar-refractivity contribution in [2.75, 3.05) is 10.7 Å². The summed E-state index contributed by atoms with van der Waals surface area (Å²) in [6.07, 6.45) is 8.22. The Morgan fingerprint density at radius 1 is 1.09 bits per heavy atom. The molecule has 2 amide bonds. The van der Waals surface area contributed by atoms with Gasteiger partial charge < -0.3 is 0 Å². The van der Waals surface area contributed by atoms with Gasteiger partial charge in [-0.3, -0.25) is 25.2 Å². The fourth-order valence-corrected chi connectivity index (χ4v) is 4.17. The van der Waals surface area contributed by atoms with Crippen LogP contribution in [0.1, 0.15) is 32.3 Å². The molecule has 178 valence electrons. The Bertz CT molecular complexity index is 1040. The standard InChI is InChI=1S/C23H30N4O5S/c1-17(2)15-21(20(23(29)26-30)13-7-9-18-10-8-14-24-16-18)22(28)25-27(33(3,31)32)19-11-5-4-6-12-19/h4-12,14,16-17,20-21,30H,13,15H2,1-3H3,(H,25,28)(H,26,29)/b9-7+/t20?,21-/m1/s1. The number of carbonyl (C=O) groups is 2. The van der Waals surface area contributed by atoms with E-state index in [2.05, 4.69) is 10.4 Å². The maximum Gasteiger partial charge on any atom is 0.249 e. The molecule has 1 heterocycles. The number of hydrazine groups is 1. The van der Waals surface area contributed by atoms with Crippen LogP contribution in [-0.2, 0) is 19.6 Å². The van der Waals surface area contributed by atoms with E-state index >= 15 is 0 Å². The number of nitrogens with one attached hydrogen (secondary N) is 2. The minimum absolute atomic E-state index is 0.0282. The van der Waals surface area contributed by atoms with Crippen molar-refractivity contribution in [2.45, 2.75) is 26.7 Å².